The minimum absolute atomic E-state index is 0.0673. The SMILES string of the molecule is CC/C=C\C/C=C\C/C=C\C/C=C\C/C=C\CCCCCC(=O)OC[C@@H](COCCCCCCCCCCCCCCCCCC)OC(=O)CCCCCCCCC/C=C\CCCCCCCC. The van der Waals surface area contributed by atoms with Crippen LogP contribution in [-0.2, 0) is 23.8 Å². The van der Waals surface area contributed by atoms with Crippen molar-refractivity contribution in [2.75, 3.05) is 19.8 Å². The van der Waals surface area contributed by atoms with Crippen LogP contribution in [0.3, 0.4) is 0 Å². The molecule has 5 heteroatoms. The average molecular weight is 950 g/mol. The van der Waals surface area contributed by atoms with Crippen molar-refractivity contribution in [1.29, 1.82) is 0 Å². The molecule has 0 spiro atoms. The summed E-state index contributed by atoms with van der Waals surface area (Å²) in [6.45, 7) is 7.72. The van der Waals surface area contributed by atoms with Crippen molar-refractivity contribution in [3.63, 3.8) is 0 Å². The molecule has 0 heterocycles. The first-order valence-electron chi connectivity index (χ1n) is 29.5. The molecule has 0 aliphatic heterocycles. The first-order chi connectivity index (χ1) is 33.6. The van der Waals surface area contributed by atoms with E-state index in [-0.39, 0.29) is 25.2 Å². The topological polar surface area (TPSA) is 61.8 Å². The van der Waals surface area contributed by atoms with E-state index in [1.807, 2.05) is 0 Å². The van der Waals surface area contributed by atoms with E-state index in [0.29, 0.717) is 19.4 Å². The van der Waals surface area contributed by atoms with E-state index >= 15 is 0 Å². The van der Waals surface area contributed by atoms with Gasteiger partial charge in [-0.15, -0.1) is 0 Å². The number of carbonyl (C=O) groups excluding carboxylic acids is 2. The van der Waals surface area contributed by atoms with E-state index < -0.39 is 6.10 Å². The van der Waals surface area contributed by atoms with Crippen LogP contribution >= 0.6 is 0 Å². The van der Waals surface area contributed by atoms with Crippen LogP contribution in [0, 0.1) is 0 Å². The molecule has 394 valence electrons. The predicted molar refractivity (Wildman–Crippen MR) is 297 cm³/mol. The summed E-state index contributed by atoms with van der Waals surface area (Å²) in [7, 11) is 0. The van der Waals surface area contributed by atoms with Gasteiger partial charge in [0.25, 0.3) is 0 Å². The second-order valence-corrected chi connectivity index (χ2v) is 19.5. The fraction of sp³-hybridized carbons (Fsp3) is 0.778. The standard InChI is InChI=1S/C63H112O5/c1-4-7-10-13-16-19-22-25-28-31-32-34-35-38-41-44-47-50-53-56-62(64)67-60-61(59-66-58-55-52-49-46-43-40-37-30-27-24-21-18-15-12-9-6-3)68-63(65)57-54-51-48-45-42-39-36-33-29-26-23-20-17-14-11-8-5-2/h7,10,16,19,25-26,28-29,32,34,38,41,61H,4-6,8-9,11-15,17-18,20-24,27,30-31,33,35-37,39-40,42-60H2,1-3H3/b10-7-,19-16-,28-25-,29-26-,34-32-,41-38-/t61-/m1/s1. The molecule has 5 nitrogen and oxygen atoms in total. The Morgan fingerprint density at radius 3 is 1.09 bits per heavy atom. The molecule has 0 aliphatic carbocycles. The molecule has 1 atom stereocenters. The lowest BCUT2D eigenvalue weighted by molar-refractivity contribution is -0.163. The second-order valence-electron chi connectivity index (χ2n) is 19.5. The van der Waals surface area contributed by atoms with Crippen molar-refractivity contribution in [2.24, 2.45) is 0 Å². The van der Waals surface area contributed by atoms with Gasteiger partial charge in [0, 0.05) is 19.4 Å². The third kappa shape index (κ3) is 55.9. The largest absolute Gasteiger partial charge is 0.462 e. The van der Waals surface area contributed by atoms with Crippen molar-refractivity contribution < 1.29 is 23.8 Å². The Labute approximate surface area is 423 Å². The molecule has 0 aromatic rings. The zero-order valence-corrected chi connectivity index (χ0v) is 45.4. The first kappa shape index (κ1) is 65.3. The fourth-order valence-electron chi connectivity index (χ4n) is 8.36. The number of hydrogen-bond acceptors (Lipinski definition) is 5. The Hall–Kier alpha value is -2.66. The minimum atomic E-state index is -0.553. The van der Waals surface area contributed by atoms with E-state index in [2.05, 4.69) is 93.7 Å². The number of allylic oxidation sites excluding steroid dienone is 12. The van der Waals surface area contributed by atoms with Crippen LogP contribution in [0.25, 0.3) is 0 Å². The number of ether oxygens (including phenoxy) is 3. The summed E-state index contributed by atoms with van der Waals surface area (Å²) in [6.07, 6.45) is 76.4. The summed E-state index contributed by atoms with van der Waals surface area (Å²) >= 11 is 0. The Balaban J connectivity index is 4.33. The maximum absolute atomic E-state index is 12.9. The van der Waals surface area contributed by atoms with Crippen LogP contribution in [0.1, 0.15) is 290 Å². The molecule has 0 unspecified atom stereocenters. The molecule has 68 heavy (non-hydrogen) atoms. The van der Waals surface area contributed by atoms with Gasteiger partial charge in [-0.3, -0.25) is 9.59 Å². The average Bonchev–Trinajstić information content (AvgIpc) is 3.34. The summed E-state index contributed by atoms with van der Waals surface area (Å²) in [5.74, 6) is -0.428. The molecule has 0 aromatic carbocycles. The molecule has 0 bridgehead atoms. The maximum Gasteiger partial charge on any atom is 0.306 e. The molecule has 0 aliphatic rings. The van der Waals surface area contributed by atoms with Crippen LogP contribution in [0.2, 0.25) is 0 Å². The van der Waals surface area contributed by atoms with Gasteiger partial charge in [-0.1, -0.05) is 261 Å². The molecular formula is C63H112O5. The molecule has 0 saturated heterocycles. The van der Waals surface area contributed by atoms with Gasteiger partial charge < -0.3 is 14.2 Å². The molecule has 0 saturated carbocycles. The van der Waals surface area contributed by atoms with Gasteiger partial charge in [0.05, 0.1) is 6.61 Å². The fourth-order valence-corrected chi connectivity index (χ4v) is 8.36. The second kappa shape index (κ2) is 58.7. The lowest BCUT2D eigenvalue weighted by atomic mass is 10.0. The van der Waals surface area contributed by atoms with Crippen molar-refractivity contribution in [2.45, 2.75) is 297 Å². The molecule has 0 aromatic heterocycles. The normalized spacial score (nSPS) is 12.7. The highest BCUT2D eigenvalue weighted by Gasteiger charge is 2.17. The van der Waals surface area contributed by atoms with Crippen LogP contribution in [0.4, 0.5) is 0 Å². The Bertz CT molecular complexity index is 1210. The number of esters is 2. The molecule has 0 radical (unpaired) electrons. The Morgan fingerprint density at radius 1 is 0.338 bits per heavy atom. The van der Waals surface area contributed by atoms with E-state index in [1.165, 1.54) is 167 Å². The van der Waals surface area contributed by atoms with E-state index in [0.717, 1.165) is 89.9 Å². The van der Waals surface area contributed by atoms with Gasteiger partial charge in [0.2, 0.25) is 0 Å². The summed E-state index contributed by atoms with van der Waals surface area (Å²) < 4.78 is 17.5. The molecular weight excluding hydrogens is 837 g/mol. The molecule has 0 rings (SSSR count). The van der Waals surface area contributed by atoms with Crippen molar-refractivity contribution in [3.8, 4) is 0 Å². The van der Waals surface area contributed by atoms with Gasteiger partial charge in [-0.25, -0.2) is 0 Å². The summed E-state index contributed by atoms with van der Waals surface area (Å²) in [5.41, 5.74) is 0. The number of carbonyl (C=O) groups is 2. The van der Waals surface area contributed by atoms with Crippen molar-refractivity contribution in [3.05, 3.63) is 72.9 Å². The van der Waals surface area contributed by atoms with Crippen LogP contribution in [0.5, 0.6) is 0 Å². The zero-order chi connectivity index (χ0) is 49.2. The third-order valence-electron chi connectivity index (χ3n) is 12.7. The minimum Gasteiger partial charge on any atom is -0.462 e. The van der Waals surface area contributed by atoms with E-state index in [4.69, 9.17) is 14.2 Å². The van der Waals surface area contributed by atoms with Crippen LogP contribution in [-0.4, -0.2) is 37.9 Å². The monoisotopic (exact) mass is 949 g/mol. The van der Waals surface area contributed by atoms with Crippen molar-refractivity contribution >= 4 is 11.9 Å². The lowest BCUT2D eigenvalue weighted by Crippen LogP contribution is -2.30. The summed E-state index contributed by atoms with van der Waals surface area (Å²) in [5, 5.41) is 0. The maximum atomic E-state index is 12.9. The van der Waals surface area contributed by atoms with Crippen LogP contribution in [0.15, 0.2) is 72.9 Å². The molecule has 0 N–H and O–H groups in total. The van der Waals surface area contributed by atoms with E-state index in [9.17, 15) is 9.59 Å². The lowest BCUT2D eigenvalue weighted by Gasteiger charge is -2.18. The van der Waals surface area contributed by atoms with Gasteiger partial charge in [-0.05, 0) is 89.9 Å². The highest BCUT2D eigenvalue weighted by Crippen LogP contribution is 2.16. The van der Waals surface area contributed by atoms with E-state index in [1.54, 1.807) is 0 Å². The highest BCUT2D eigenvalue weighted by atomic mass is 16.6. The summed E-state index contributed by atoms with van der Waals surface area (Å²) in [4.78, 5) is 25.5. The van der Waals surface area contributed by atoms with Gasteiger partial charge in [0.15, 0.2) is 6.10 Å². The Morgan fingerprint density at radius 2 is 0.662 bits per heavy atom. The Kier molecular flexibility index (Phi) is 56.4. The van der Waals surface area contributed by atoms with Gasteiger partial charge in [-0.2, -0.15) is 0 Å². The third-order valence-corrected chi connectivity index (χ3v) is 12.7. The number of rotatable bonds is 54. The zero-order valence-electron chi connectivity index (χ0n) is 45.4. The smallest absolute Gasteiger partial charge is 0.306 e. The van der Waals surface area contributed by atoms with Crippen molar-refractivity contribution in [1.82, 2.24) is 0 Å². The highest BCUT2D eigenvalue weighted by molar-refractivity contribution is 5.70. The quantitative estimate of drug-likeness (QED) is 0.0345. The molecule has 0 fully saturated rings. The van der Waals surface area contributed by atoms with Gasteiger partial charge in [0.1, 0.15) is 6.61 Å². The molecule has 0 amide bonds. The van der Waals surface area contributed by atoms with Crippen LogP contribution < -0.4 is 0 Å². The number of hydrogen-bond donors (Lipinski definition) is 0. The summed E-state index contributed by atoms with van der Waals surface area (Å²) in [6, 6.07) is 0. The number of unbranched alkanes of at least 4 members (excludes halogenated alkanes) is 31. The van der Waals surface area contributed by atoms with Gasteiger partial charge >= 0.3 is 11.9 Å². The predicted octanol–water partition coefficient (Wildman–Crippen LogP) is 20.2. The first-order valence-corrected chi connectivity index (χ1v) is 29.5.